The SMILES string of the molecule is CN(CCOc1ccc(/C(=C(/CCCl)c2ccccc2)c2ccccc2)cc1)C(=O)CCOCCOCCNc1cccc2c1CN(C1CCC(=O)NC1=O)C2=O. The van der Waals surface area contributed by atoms with Gasteiger partial charge in [0, 0.05) is 49.3 Å². The van der Waals surface area contributed by atoms with Crippen molar-refractivity contribution >= 4 is 52.1 Å². The molecular weight excluding hydrogens is 744 g/mol. The Morgan fingerprint density at radius 2 is 1.49 bits per heavy atom. The Balaban J connectivity index is 0.870. The van der Waals surface area contributed by atoms with Crippen LogP contribution < -0.4 is 15.4 Å². The van der Waals surface area contributed by atoms with Crippen molar-refractivity contribution in [1.82, 2.24) is 15.1 Å². The van der Waals surface area contributed by atoms with E-state index in [0.717, 1.165) is 45.7 Å². The third-order valence-corrected chi connectivity index (χ3v) is 10.3. The van der Waals surface area contributed by atoms with Gasteiger partial charge >= 0.3 is 0 Å². The van der Waals surface area contributed by atoms with E-state index in [2.05, 4.69) is 47.0 Å². The number of fused-ring (bicyclic) bond motifs is 1. The Morgan fingerprint density at radius 3 is 2.19 bits per heavy atom. The summed E-state index contributed by atoms with van der Waals surface area (Å²) in [5.74, 6) is 0.251. The van der Waals surface area contributed by atoms with Crippen molar-refractivity contribution in [2.75, 3.05) is 64.4 Å². The number of amides is 4. The molecule has 0 aromatic heterocycles. The summed E-state index contributed by atoms with van der Waals surface area (Å²) in [5.41, 5.74) is 7.85. The zero-order valence-corrected chi connectivity index (χ0v) is 33.0. The summed E-state index contributed by atoms with van der Waals surface area (Å²) < 4.78 is 17.4. The number of hydrogen-bond donors (Lipinski definition) is 2. The molecule has 12 heteroatoms. The van der Waals surface area contributed by atoms with Crippen molar-refractivity contribution in [3.8, 4) is 5.75 Å². The van der Waals surface area contributed by atoms with Crippen LogP contribution in [0.3, 0.4) is 0 Å². The molecule has 6 rings (SSSR count). The molecule has 4 amide bonds. The fraction of sp³-hybridized carbons (Fsp3) is 0.333. The second-order valence-electron chi connectivity index (χ2n) is 13.8. The first-order valence-electron chi connectivity index (χ1n) is 19.4. The molecule has 1 atom stereocenters. The number of imide groups is 1. The van der Waals surface area contributed by atoms with Crippen molar-refractivity contribution in [1.29, 1.82) is 0 Å². The van der Waals surface area contributed by atoms with E-state index in [1.807, 2.05) is 54.6 Å². The van der Waals surface area contributed by atoms with Crippen LogP contribution in [0.25, 0.3) is 11.1 Å². The van der Waals surface area contributed by atoms with E-state index in [4.69, 9.17) is 25.8 Å². The third kappa shape index (κ3) is 10.9. The molecule has 4 aromatic carbocycles. The lowest BCUT2D eigenvalue weighted by Crippen LogP contribution is -2.52. The van der Waals surface area contributed by atoms with Gasteiger partial charge in [0.1, 0.15) is 18.4 Å². The molecule has 0 radical (unpaired) electrons. The molecule has 0 saturated carbocycles. The van der Waals surface area contributed by atoms with Gasteiger partial charge in [0.25, 0.3) is 5.91 Å². The number of carbonyl (C=O) groups excluding carboxylic acids is 4. The lowest BCUT2D eigenvalue weighted by Gasteiger charge is -2.29. The lowest BCUT2D eigenvalue weighted by atomic mass is 9.88. The summed E-state index contributed by atoms with van der Waals surface area (Å²) in [5, 5.41) is 5.66. The predicted molar refractivity (Wildman–Crippen MR) is 221 cm³/mol. The highest BCUT2D eigenvalue weighted by Crippen LogP contribution is 2.36. The molecule has 2 aliphatic rings. The molecule has 2 N–H and O–H groups in total. The van der Waals surface area contributed by atoms with Crippen LogP contribution in [0.1, 0.15) is 58.3 Å². The number of nitrogens with zero attached hydrogens (tertiary/aromatic N) is 2. The minimum Gasteiger partial charge on any atom is -0.492 e. The average Bonchev–Trinajstić information content (AvgIpc) is 3.57. The predicted octanol–water partition coefficient (Wildman–Crippen LogP) is 6.41. The maximum atomic E-state index is 13.0. The fourth-order valence-corrected chi connectivity index (χ4v) is 7.28. The molecule has 2 aliphatic heterocycles. The van der Waals surface area contributed by atoms with E-state index in [-0.39, 0.29) is 37.2 Å². The first-order chi connectivity index (χ1) is 27.8. The van der Waals surface area contributed by atoms with E-state index >= 15 is 0 Å². The van der Waals surface area contributed by atoms with Gasteiger partial charge in [0.15, 0.2) is 0 Å². The van der Waals surface area contributed by atoms with E-state index in [9.17, 15) is 19.2 Å². The molecule has 57 heavy (non-hydrogen) atoms. The van der Waals surface area contributed by atoms with Gasteiger partial charge in [0.05, 0.1) is 39.4 Å². The Kier molecular flexibility index (Phi) is 14.9. The van der Waals surface area contributed by atoms with Gasteiger partial charge in [-0.2, -0.15) is 0 Å². The molecule has 2 heterocycles. The van der Waals surface area contributed by atoms with Crippen molar-refractivity contribution in [2.24, 2.45) is 0 Å². The number of carbonyl (C=O) groups is 4. The van der Waals surface area contributed by atoms with Crippen LogP contribution in [0.4, 0.5) is 5.69 Å². The molecular formula is C45H49ClN4O7. The molecule has 0 aliphatic carbocycles. The standard InChI is InChI=1S/C45H49ClN4O7/c1-49(25-28-57-35-17-15-34(16-18-35)43(33-11-6-3-7-12-33)36(21-23-46)32-9-4-2-5-10-32)42(52)22-26-55-29-30-56-27-24-47-39-14-8-13-37-38(39)31-50(45(37)54)40-19-20-41(51)48-44(40)53/h2-18,40,47H,19-31H2,1H3,(H,48,51,53)/b43-36-. The van der Waals surface area contributed by atoms with Gasteiger partial charge in [-0.25, -0.2) is 0 Å². The van der Waals surface area contributed by atoms with Gasteiger partial charge in [-0.1, -0.05) is 78.9 Å². The van der Waals surface area contributed by atoms with E-state index in [0.29, 0.717) is 63.9 Å². The van der Waals surface area contributed by atoms with Gasteiger partial charge in [-0.05, 0) is 64.9 Å². The molecule has 1 saturated heterocycles. The average molecular weight is 793 g/mol. The number of hydrogen-bond acceptors (Lipinski definition) is 8. The molecule has 0 spiro atoms. The lowest BCUT2D eigenvalue weighted by molar-refractivity contribution is -0.137. The Hall–Kier alpha value is -5.49. The minimum absolute atomic E-state index is 0.0329. The van der Waals surface area contributed by atoms with Crippen molar-refractivity contribution < 1.29 is 33.4 Å². The quantitative estimate of drug-likeness (QED) is 0.0456. The van der Waals surface area contributed by atoms with Crippen LogP contribution in [0.5, 0.6) is 5.75 Å². The zero-order chi connectivity index (χ0) is 40.0. The largest absolute Gasteiger partial charge is 0.492 e. The number of likely N-dealkylation sites (N-methyl/N-ethyl adjacent to an activating group) is 1. The molecule has 4 aromatic rings. The van der Waals surface area contributed by atoms with Gasteiger partial charge in [-0.3, -0.25) is 24.5 Å². The third-order valence-electron chi connectivity index (χ3n) is 10.1. The number of anilines is 1. The van der Waals surface area contributed by atoms with E-state index in [1.54, 1.807) is 24.1 Å². The first kappa shape index (κ1) is 41.2. The highest BCUT2D eigenvalue weighted by Gasteiger charge is 2.39. The number of rotatable bonds is 20. The molecule has 0 bridgehead atoms. The smallest absolute Gasteiger partial charge is 0.255 e. The summed E-state index contributed by atoms with van der Waals surface area (Å²) in [6, 6.07) is 33.5. The fourth-order valence-electron chi connectivity index (χ4n) is 7.09. The van der Waals surface area contributed by atoms with Crippen LogP contribution in [0.2, 0.25) is 0 Å². The van der Waals surface area contributed by atoms with Crippen LogP contribution in [-0.4, -0.2) is 98.5 Å². The summed E-state index contributed by atoms with van der Waals surface area (Å²) in [7, 11) is 1.76. The number of halogens is 1. The van der Waals surface area contributed by atoms with Crippen LogP contribution in [0, 0.1) is 0 Å². The maximum absolute atomic E-state index is 13.0. The minimum atomic E-state index is -0.655. The van der Waals surface area contributed by atoms with E-state index in [1.165, 1.54) is 10.5 Å². The molecule has 11 nitrogen and oxygen atoms in total. The number of piperidine rings is 1. The maximum Gasteiger partial charge on any atom is 0.255 e. The highest BCUT2D eigenvalue weighted by molar-refractivity contribution is 6.18. The van der Waals surface area contributed by atoms with Gasteiger partial charge < -0.3 is 29.3 Å². The highest BCUT2D eigenvalue weighted by atomic mass is 35.5. The molecule has 298 valence electrons. The summed E-state index contributed by atoms with van der Waals surface area (Å²) >= 11 is 6.30. The second-order valence-corrected chi connectivity index (χ2v) is 14.2. The zero-order valence-electron chi connectivity index (χ0n) is 32.2. The Bertz CT molecular complexity index is 2020. The number of ether oxygens (including phenoxy) is 3. The van der Waals surface area contributed by atoms with Crippen molar-refractivity contribution in [3.63, 3.8) is 0 Å². The molecule has 1 fully saturated rings. The summed E-state index contributed by atoms with van der Waals surface area (Å²) in [6.07, 6.45) is 1.51. The summed E-state index contributed by atoms with van der Waals surface area (Å²) in [4.78, 5) is 52.9. The number of alkyl halides is 1. The summed E-state index contributed by atoms with van der Waals surface area (Å²) in [6.45, 7) is 3.02. The normalized spacial score (nSPS) is 15.5. The van der Waals surface area contributed by atoms with Crippen molar-refractivity contribution in [2.45, 2.75) is 38.3 Å². The van der Waals surface area contributed by atoms with Crippen LogP contribution >= 0.6 is 11.6 Å². The number of nitrogens with one attached hydrogen (secondary N) is 2. The van der Waals surface area contributed by atoms with E-state index < -0.39 is 11.9 Å². The Labute approximate surface area is 338 Å². The second kappa shape index (κ2) is 20.6. The van der Waals surface area contributed by atoms with Crippen LogP contribution in [-0.2, 0) is 30.4 Å². The number of allylic oxidation sites excluding steroid dienone is 1. The topological polar surface area (TPSA) is 127 Å². The molecule has 1 unspecified atom stereocenters. The van der Waals surface area contributed by atoms with Gasteiger partial charge in [0.2, 0.25) is 17.7 Å². The first-order valence-corrected chi connectivity index (χ1v) is 19.9. The van der Waals surface area contributed by atoms with Gasteiger partial charge in [-0.15, -0.1) is 11.6 Å². The monoisotopic (exact) mass is 792 g/mol. The number of benzene rings is 4. The van der Waals surface area contributed by atoms with Crippen LogP contribution in [0.15, 0.2) is 103 Å². The van der Waals surface area contributed by atoms with Crippen molar-refractivity contribution in [3.05, 3.63) is 131 Å². The Morgan fingerprint density at radius 1 is 0.807 bits per heavy atom.